The van der Waals surface area contributed by atoms with Crippen molar-refractivity contribution >= 4 is 6.29 Å². The quantitative estimate of drug-likeness (QED) is 0.757. The molecule has 15 heavy (non-hydrogen) atoms. The van der Waals surface area contributed by atoms with Gasteiger partial charge in [0.1, 0.15) is 0 Å². The van der Waals surface area contributed by atoms with E-state index in [0.29, 0.717) is 0 Å². The molecule has 1 unspecified atom stereocenters. The monoisotopic (exact) mass is 217 g/mol. The van der Waals surface area contributed by atoms with Crippen LogP contribution < -0.4 is 0 Å². The highest BCUT2D eigenvalue weighted by Crippen LogP contribution is 2.25. The summed E-state index contributed by atoms with van der Waals surface area (Å²) in [6, 6.07) is 7.60. The van der Waals surface area contributed by atoms with Gasteiger partial charge in [0.05, 0.1) is 0 Å². The second kappa shape index (κ2) is 4.93. The summed E-state index contributed by atoms with van der Waals surface area (Å²) in [5, 5.41) is 0. The van der Waals surface area contributed by atoms with E-state index in [-0.39, 0.29) is 5.56 Å². The van der Waals surface area contributed by atoms with Crippen molar-refractivity contribution in [2.45, 2.75) is 12.2 Å². The molecular weight excluding hydrogens is 209 g/mol. The number of halogens is 3. The lowest BCUT2D eigenvalue weighted by molar-refractivity contribution is -0.259. The third kappa shape index (κ3) is 3.36. The molecule has 81 valence electrons. The van der Waals surface area contributed by atoms with E-state index in [1.54, 1.807) is 18.2 Å². The van der Waals surface area contributed by atoms with E-state index in [4.69, 9.17) is 0 Å². The van der Waals surface area contributed by atoms with Crippen LogP contribution in [0.5, 0.6) is 0 Å². The molecule has 0 spiro atoms. The molecule has 5 heteroatoms. The van der Waals surface area contributed by atoms with Gasteiger partial charge in [-0.1, -0.05) is 30.3 Å². The molecule has 0 aliphatic rings. The van der Waals surface area contributed by atoms with Gasteiger partial charge in [-0.2, -0.15) is 8.78 Å². The minimum Gasteiger partial charge on any atom is -0.302 e. The molecule has 0 N–H and O–H groups in total. The van der Waals surface area contributed by atoms with E-state index < -0.39 is 18.9 Å². The molecule has 1 radical (unpaired) electrons. The minimum absolute atomic E-state index is 0.209. The standard InChI is InChI=1S/C10H8F3O2/c11-7-10(12,13)15-9(6-14)8-4-2-1-3-5-8/h1-5,9H,7H2. The average Bonchev–Trinajstić information content (AvgIpc) is 2.27. The van der Waals surface area contributed by atoms with Crippen LogP contribution >= 0.6 is 0 Å². The zero-order valence-electron chi connectivity index (χ0n) is 7.62. The van der Waals surface area contributed by atoms with Gasteiger partial charge in [-0.3, -0.25) is 4.79 Å². The van der Waals surface area contributed by atoms with Gasteiger partial charge in [-0.05, 0) is 5.56 Å². The molecule has 0 saturated carbocycles. The molecule has 0 bridgehead atoms. The third-order valence-corrected chi connectivity index (χ3v) is 1.66. The second-order valence-corrected chi connectivity index (χ2v) is 2.80. The van der Waals surface area contributed by atoms with Crippen molar-refractivity contribution in [1.82, 2.24) is 0 Å². The summed E-state index contributed by atoms with van der Waals surface area (Å²) in [7, 11) is 0. The van der Waals surface area contributed by atoms with Crippen LogP contribution in [0.2, 0.25) is 0 Å². The van der Waals surface area contributed by atoms with Crippen LogP contribution in [0.3, 0.4) is 0 Å². The maximum absolute atomic E-state index is 12.5. The first-order valence-electron chi connectivity index (χ1n) is 4.13. The first-order valence-corrected chi connectivity index (χ1v) is 4.13. The van der Waals surface area contributed by atoms with Gasteiger partial charge >= 0.3 is 6.11 Å². The van der Waals surface area contributed by atoms with Crippen molar-refractivity contribution in [2.24, 2.45) is 0 Å². The van der Waals surface area contributed by atoms with Crippen LogP contribution in [-0.4, -0.2) is 19.1 Å². The largest absolute Gasteiger partial charge is 0.385 e. The summed E-state index contributed by atoms with van der Waals surface area (Å²) in [5.41, 5.74) is 0.209. The molecule has 0 fully saturated rings. The molecule has 2 nitrogen and oxygen atoms in total. The van der Waals surface area contributed by atoms with E-state index in [2.05, 4.69) is 4.74 Å². The fourth-order valence-electron chi connectivity index (χ4n) is 0.992. The maximum atomic E-state index is 12.5. The second-order valence-electron chi connectivity index (χ2n) is 2.80. The highest BCUT2D eigenvalue weighted by atomic mass is 19.3. The van der Waals surface area contributed by atoms with Crippen molar-refractivity contribution in [2.75, 3.05) is 6.67 Å². The number of carbonyl (C=O) groups excluding carboxylic acids is 1. The van der Waals surface area contributed by atoms with Gasteiger partial charge in [-0.15, -0.1) is 0 Å². The van der Waals surface area contributed by atoms with Gasteiger partial charge < -0.3 is 4.74 Å². The Morgan fingerprint density at radius 2 is 1.93 bits per heavy atom. The van der Waals surface area contributed by atoms with Crippen molar-refractivity contribution in [3.63, 3.8) is 0 Å². The molecule has 0 aromatic heterocycles. The normalized spacial score (nSPS) is 13.5. The molecule has 0 aliphatic carbocycles. The fourth-order valence-corrected chi connectivity index (χ4v) is 0.992. The van der Waals surface area contributed by atoms with Gasteiger partial charge in [0.25, 0.3) is 0 Å². The Morgan fingerprint density at radius 3 is 2.40 bits per heavy atom. The summed E-state index contributed by atoms with van der Waals surface area (Å²) < 4.78 is 40.8. The first kappa shape index (κ1) is 11.7. The van der Waals surface area contributed by atoms with Crippen molar-refractivity contribution < 1.29 is 22.7 Å². The van der Waals surface area contributed by atoms with Gasteiger partial charge in [-0.25, -0.2) is 4.39 Å². The summed E-state index contributed by atoms with van der Waals surface area (Å²) in [4.78, 5) is 10.4. The van der Waals surface area contributed by atoms with E-state index in [9.17, 15) is 18.0 Å². The lowest BCUT2D eigenvalue weighted by atomic mass is 10.1. The highest BCUT2D eigenvalue weighted by Gasteiger charge is 2.34. The lowest BCUT2D eigenvalue weighted by Gasteiger charge is -2.17. The average molecular weight is 217 g/mol. The number of alkyl halides is 3. The van der Waals surface area contributed by atoms with Crippen LogP contribution in [0, 0.1) is 0 Å². The molecule has 0 heterocycles. The van der Waals surface area contributed by atoms with Crippen LogP contribution in [0.15, 0.2) is 30.3 Å². The number of ether oxygens (including phenoxy) is 1. The van der Waals surface area contributed by atoms with Gasteiger partial charge in [0, 0.05) is 0 Å². The zero-order chi connectivity index (χ0) is 11.3. The van der Waals surface area contributed by atoms with Crippen LogP contribution in [0.25, 0.3) is 0 Å². The predicted octanol–water partition coefficient (Wildman–Crippen LogP) is 2.42. The number of rotatable bonds is 5. The lowest BCUT2D eigenvalue weighted by Crippen LogP contribution is -2.26. The Morgan fingerprint density at radius 1 is 1.33 bits per heavy atom. The summed E-state index contributed by atoms with van der Waals surface area (Å²) >= 11 is 0. The van der Waals surface area contributed by atoms with Crippen LogP contribution in [0.1, 0.15) is 11.7 Å². The van der Waals surface area contributed by atoms with Gasteiger partial charge in [0.2, 0.25) is 6.29 Å². The number of hydrogen-bond acceptors (Lipinski definition) is 2. The maximum Gasteiger partial charge on any atom is 0.385 e. The Kier molecular flexibility index (Phi) is 3.85. The van der Waals surface area contributed by atoms with Crippen molar-refractivity contribution in [1.29, 1.82) is 0 Å². The van der Waals surface area contributed by atoms with Gasteiger partial charge in [0.15, 0.2) is 12.8 Å². The van der Waals surface area contributed by atoms with Crippen LogP contribution in [-0.2, 0) is 9.53 Å². The molecule has 0 amide bonds. The summed E-state index contributed by atoms with van der Waals surface area (Å²) in [6.45, 7) is -1.97. The SMILES string of the molecule is O=[C]C(OC(F)(F)CF)c1ccccc1. The Labute approximate surface area is 84.7 Å². The van der Waals surface area contributed by atoms with E-state index >= 15 is 0 Å². The third-order valence-electron chi connectivity index (χ3n) is 1.66. The zero-order valence-corrected chi connectivity index (χ0v) is 7.62. The number of benzene rings is 1. The fraction of sp³-hybridized carbons (Fsp3) is 0.300. The molecular formula is C10H8F3O2. The Balaban J connectivity index is 2.78. The number of hydrogen-bond donors (Lipinski definition) is 0. The minimum atomic E-state index is -3.96. The summed E-state index contributed by atoms with van der Waals surface area (Å²) in [5.74, 6) is 0. The first-order chi connectivity index (χ1) is 7.09. The smallest absolute Gasteiger partial charge is 0.302 e. The van der Waals surface area contributed by atoms with Crippen LogP contribution in [0.4, 0.5) is 13.2 Å². The molecule has 0 saturated heterocycles. The molecule has 1 aromatic carbocycles. The topological polar surface area (TPSA) is 26.3 Å². The molecule has 1 rings (SSSR count). The molecule has 1 atom stereocenters. The van der Waals surface area contributed by atoms with E-state index in [0.717, 1.165) is 0 Å². The summed E-state index contributed by atoms with van der Waals surface area (Å²) in [6.07, 6.45) is -4.24. The predicted molar refractivity (Wildman–Crippen MR) is 46.9 cm³/mol. The van der Waals surface area contributed by atoms with Crippen molar-refractivity contribution in [3.05, 3.63) is 35.9 Å². The Bertz CT molecular complexity index is 314. The molecule has 1 aromatic rings. The van der Waals surface area contributed by atoms with Crippen molar-refractivity contribution in [3.8, 4) is 0 Å². The highest BCUT2D eigenvalue weighted by molar-refractivity contribution is 5.60. The van der Waals surface area contributed by atoms with E-state index in [1.807, 2.05) is 0 Å². The van der Waals surface area contributed by atoms with E-state index in [1.165, 1.54) is 18.4 Å². The molecule has 0 aliphatic heterocycles. The Hall–Kier alpha value is -1.36.